The van der Waals surface area contributed by atoms with Crippen molar-refractivity contribution in [2.75, 3.05) is 32.2 Å². The van der Waals surface area contributed by atoms with Crippen LogP contribution in [0.5, 0.6) is 11.5 Å². The van der Waals surface area contributed by atoms with E-state index in [2.05, 4.69) is 34.9 Å². The second-order valence-corrected chi connectivity index (χ2v) is 8.51. The number of carbonyl (C=O) groups excluding carboxylic acids is 2. The average molecular weight is 474 g/mol. The van der Waals surface area contributed by atoms with E-state index in [-0.39, 0.29) is 30.3 Å². The van der Waals surface area contributed by atoms with Crippen LogP contribution in [0.15, 0.2) is 78.9 Å². The summed E-state index contributed by atoms with van der Waals surface area (Å²) in [6.45, 7) is 0.915. The predicted molar refractivity (Wildman–Crippen MR) is 136 cm³/mol. The zero-order chi connectivity index (χ0) is 24.6. The maximum Gasteiger partial charge on any atom is 0.315 e. The molecule has 35 heavy (non-hydrogen) atoms. The number of hydrogen-bond donors (Lipinski definition) is 2. The minimum Gasteiger partial charge on any atom is -0.493 e. The Morgan fingerprint density at radius 2 is 1.57 bits per heavy atom. The minimum atomic E-state index is -0.269. The normalized spacial score (nSPS) is 15.2. The van der Waals surface area contributed by atoms with Gasteiger partial charge in [0.1, 0.15) is 0 Å². The molecule has 182 valence electrons. The summed E-state index contributed by atoms with van der Waals surface area (Å²) >= 11 is 0. The van der Waals surface area contributed by atoms with Crippen molar-refractivity contribution in [3.8, 4) is 11.5 Å². The van der Waals surface area contributed by atoms with Crippen LogP contribution in [0, 0.1) is 0 Å². The molecule has 1 unspecified atom stereocenters. The number of rotatable bonds is 9. The van der Waals surface area contributed by atoms with E-state index in [1.165, 1.54) is 11.1 Å². The molecule has 1 saturated heterocycles. The highest BCUT2D eigenvalue weighted by molar-refractivity contribution is 5.97. The number of amides is 3. The first-order valence-corrected chi connectivity index (χ1v) is 11.8. The van der Waals surface area contributed by atoms with Gasteiger partial charge in [0, 0.05) is 37.2 Å². The Labute approximate surface area is 206 Å². The molecule has 0 bridgehead atoms. The molecule has 3 amide bonds. The van der Waals surface area contributed by atoms with E-state index in [4.69, 9.17) is 9.47 Å². The van der Waals surface area contributed by atoms with Crippen LogP contribution in [0.4, 0.5) is 10.5 Å². The van der Waals surface area contributed by atoms with Crippen molar-refractivity contribution in [3.63, 3.8) is 0 Å². The first kappa shape index (κ1) is 24.1. The second-order valence-electron chi connectivity index (χ2n) is 8.51. The van der Waals surface area contributed by atoms with Crippen LogP contribution in [0.3, 0.4) is 0 Å². The number of benzene rings is 3. The number of hydrogen-bond acceptors (Lipinski definition) is 4. The second kappa shape index (κ2) is 11.4. The Hall–Kier alpha value is -4.00. The van der Waals surface area contributed by atoms with Crippen LogP contribution in [-0.2, 0) is 4.79 Å². The Bertz CT molecular complexity index is 1100. The summed E-state index contributed by atoms with van der Waals surface area (Å²) in [5, 5.41) is 5.91. The zero-order valence-electron chi connectivity index (χ0n) is 20.1. The highest BCUT2D eigenvalue weighted by Gasteiger charge is 2.32. The van der Waals surface area contributed by atoms with Gasteiger partial charge in [0.2, 0.25) is 5.91 Å². The Kier molecular flexibility index (Phi) is 7.88. The monoisotopic (exact) mass is 473 g/mol. The first-order valence-electron chi connectivity index (χ1n) is 11.8. The van der Waals surface area contributed by atoms with Crippen molar-refractivity contribution in [1.29, 1.82) is 0 Å². The molecule has 1 aliphatic heterocycles. The molecule has 3 aromatic rings. The van der Waals surface area contributed by atoms with Gasteiger partial charge in [-0.2, -0.15) is 0 Å². The van der Waals surface area contributed by atoms with Crippen LogP contribution >= 0.6 is 0 Å². The van der Waals surface area contributed by atoms with Gasteiger partial charge in [-0.05, 0) is 29.7 Å². The van der Waals surface area contributed by atoms with E-state index in [1.807, 2.05) is 42.5 Å². The number of anilines is 1. The summed E-state index contributed by atoms with van der Waals surface area (Å²) in [5.41, 5.74) is 3.15. The van der Waals surface area contributed by atoms with Gasteiger partial charge in [0.05, 0.1) is 20.3 Å². The van der Waals surface area contributed by atoms with E-state index >= 15 is 0 Å². The fourth-order valence-corrected chi connectivity index (χ4v) is 4.51. The van der Waals surface area contributed by atoms with Crippen molar-refractivity contribution < 1.29 is 19.1 Å². The van der Waals surface area contributed by atoms with Gasteiger partial charge in [-0.15, -0.1) is 0 Å². The number of carbonyl (C=O) groups is 2. The molecule has 7 heteroatoms. The molecule has 0 aliphatic carbocycles. The van der Waals surface area contributed by atoms with Gasteiger partial charge < -0.3 is 25.0 Å². The summed E-state index contributed by atoms with van der Waals surface area (Å²) in [6.07, 6.45) is 1.02. The van der Waals surface area contributed by atoms with Crippen LogP contribution in [0.25, 0.3) is 0 Å². The zero-order valence-corrected chi connectivity index (χ0v) is 20.1. The van der Waals surface area contributed by atoms with E-state index in [0.717, 1.165) is 6.42 Å². The fourth-order valence-electron chi connectivity index (χ4n) is 4.51. The van der Waals surface area contributed by atoms with Crippen LogP contribution in [0.2, 0.25) is 0 Å². The standard InChI is InChI=1S/C28H31N3O4/c1-34-25-14-13-23(18-26(25)35-2)31-19-22(17-27(31)32)30-28(33)29-16-15-24(20-9-5-3-6-10-20)21-11-7-4-8-12-21/h3-14,18,22,24H,15-17,19H2,1-2H3,(H2,29,30,33). The van der Waals surface area contributed by atoms with Crippen molar-refractivity contribution in [2.24, 2.45) is 0 Å². The molecular formula is C28H31N3O4. The molecular weight excluding hydrogens is 442 g/mol. The van der Waals surface area contributed by atoms with E-state index in [9.17, 15) is 9.59 Å². The third-order valence-corrected chi connectivity index (χ3v) is 6.26. The molecule has 1 heterocycles. The van der Waals surface area contributed by atoms with Gasteiger partial charge in [0.25, 0.3) is 0 Å². The summed E-state index contributed by atoms with van der Waals surface area (Å²) < 4.78 is 10.6. The van der Waals surface area contributed by atoms with Crippen LogP contribution in [-0.4, -0.2) is 45.3 Å². The largest absolute Gasteiger partial charge is 0.493 e. The topological polar surface area (TPSA) is 79.9 Å². The van der Waals surface area contributed by atoms with Gasteiger partial charge in [0.15, 0.2) is 11.5 Å². The fraction of sp³-hybridized carbons (Fsp3) is 0.286. The van der Waals surface area contributed by atoms with Crippen LogP contribution < -0.4 is 25.0 Å². The third kappa shape index (κ3) is 5.93. The molecule has 1 atom stereocenters. The van der Waals surface area contributed by atoms with Gasteiger partial charge >= 0.3 is 6.03 Å². The van der Waals surface area contributed by atoms with Crippen molar-refractivity contribution in [3.05, 3.63) is 90.0 Å². The highest BCUT2D eigenvalue weighted by atomic mass is 16.5. The van der Waals surface area contributed by atoms with Gasteiger partial charge in [-0.25, -0.2) is 4.79 Å². The molecule has 4 rings (SSSR count). The molecule has 1 aliphatic rings. The lowest BCUT2D eigenvalue weighted by Gasteiger charge is -2.20. The van der Waals surface area contributed by atoms with Crippen molar-refractivity contribution in [2.45, 2.75) is 24.8 Å². The quantitative estimate of drug-likeness (QED) is 0.485. The molecule has 1 fully saturated rings. The Morgan fingerprint density at radius 3 is 2.17 bits per heavy atom. The smallest absolute Gasteiger partial charge is 0.315 e. The number of urea groups is 1. The maximum absolute atomic E-state index is 12.6. The Balaban J connectivity index is 1.32. The van der Waals surface area contributed by atoms with Gasteiger partial charge in [-0.1, -0.05) is 60.7 Å². The molecule has 0 saturated carbocycles. The predicted octanol–water partition coefficient (Wildman–Crippen LogP) is 4.33. The molecule has 3 aromatic carbocycles. The summed E-state index contributed by atoms with van der Waals surface area (Å²) in [4.78, 5) is 26.9. The number of methoxy groups -OCH3 is 2. The summed E-state index contributed by atoms with van der Waals surface area (Å²) in [5.74, 6) is 1.29. The summed E-state index contributed by atoms with van der Waals surface area (Å²) in [6, 6.07) is 25.4. The third-order valence-electron chi connectivity index (χ3n) is 6.26. The minimum absolute atomic E-state index is 0.0456. The van der Waals surface area contributed by atoms with Gasteiger partial charge in [-0.3, -0.25) is 4.79 Å². The lowest BCUT2D eigenvalue weighted by molar-refractivity contribution is -0.117. The number of nitrogens with one attached hydrogen (secondary N) is 2. The molecule has 0 aromatic heterocycles. The molecule has 0 radical (unpaired) electrons. The number of ether oxygens (including phenoxy) is 2. The van der Waals surface area contributed by atoms with E-state index in [1.54, 1.807) is 31.3 Å². The lowest BCUT2D eigenvalue weighted by atomic mass is 9.88. The Morgan fingerprint density at radius 1 is 0.943 bits per heavy atom. The SMILES string of the molecule is COc1ccc(N2CC(NC(=O)NCCC(c3ccccc3)c3ccccc3)CC2=O)cc1OC. The molecule has 7 nitrogen and oxygen atoms in total. The number of nitrogens with zero attached hydrogens (tertiary/aromatic N) is 1. The first-order chi connectivity index (χ1) is 17.1. The van der Waals surface area contributed by atoms with Crippen molar-refractivity contribution >= 4 is 17.6 Å². The lowest BCUT2D eigenvalue weighted by Crippen LogP contribution is -2.43. The molecule has 0 spiro atoms. The van der Waals surface area contributed by atoms with E-state index < -0.39 is 0 Å². The van der Waals surface area contributed by atoms with Crippen LogP contribution in [0.1, 0.15) is 29.9 Å². The maximum atomic E-state index is 12.6. The molecule has 2 N–H and O–H groups in total. The average Bonchev–Trinajstić information content (AvgIpc) is 3.26. The van der Waals surface area contributed by atoms with Crippen molar-refractivity contribution in [1.82, 2.24) is 10.6 Å². The highest BCUT2D eigenvalue weighted by Crippen LogP contribution is 2.33. The van der Waals surface area contributed by atoms with E-state index in [0.29, 0.717) is 30.3 Å². The summed E-state index contributed by atoms with van der Waals surface area (Å²) in [7, 11) is 3.13.